The van der Waals surface area contributed by atoms with Gasteiger partial charge in [0.25, 0.3) is 0 Å². The lowest BCUT2D eigenvalue weighted by molar-refractivity contribution is -0.183. The molecule has 0 spiro atoms. The van der Waals surface area contributed by atoms with Gasteiger partial charge in [-0.1, -0.05) is 0 Å². The third kappa shape index (κ3) is 4.38. The molecule has 0 fully saturated rings. The van der Waals surface area contributed by atoms with Gasteiger partial charge in [0.05, 0.1) is 25.8 Å². The quantitative estimate of drug-likeness (QED) is 0.774. The molecular weight excluding hydrogens is 357 g/mol. The maximum Gasteiger partial charge on any atom is 0.422 e. The number of halogens is 3. The van der Waals surface area contributed by atoms with Gasteiger partial charge in [0, 0.05) is 11.3 Å². The maximum absolute atomic E-state index is 12.4. The minimum atomic E-state index is -4.67. The molecule has 1 heterocycles. The van der Waals surface area contributed by atoms with Crippen LogP contribution in [0.2, 0.25) is 0 Å². The number of nitrogens with one attached hydrogen (secondary N) is 2. The predicted octanol–water partition coefficient (Wildman–Crippen LogP) is 2.44. The average molecular weight is 374 g/mol. The summed E-state index contributed by atoms with van der Waals surface area (Å²) in [7, 11) is 2.80. The van der Waals surface area contributed by atoms with Crippen molar-refractivity contribution in [1.82, 2.24) is 10.6 Å². The molecule has 0 aromatic heterocycles. The first-order valence-corrected chi connectivity index (χ1v) is 7.40. The molecular formula is C16H17F3N2O5. The molecule has 0 unspecified atom stereocenters. The molecule has 142 valence electrons. The zero-order valence-corrected chi connectivity index (χ0v) is 14.2. The van der Waals surface area contributed by atoms with Gasteiger partial charge in [-0.15, -0.1) is 0 Å². The summed E-state index contributed by atoms with van der Waals surface area (Å²) in [5, 5.41) is 4.84. The Balaban J connectivity index is 2.46. The zero-order chi connectivity index (χ0) is 19.5. The second kappa shape index (κ2) is 7.54. The van der Waals surface area contributed by atoms with Crippen molar-refractivity contribution in [3.8, 4) is 11.5 Å². The number of carbonyl (C=O) groups excluding carboxylic acids is 2. The Morgan fingerprint density at radius 1 is 1.23 bits per heavy atom. The Labute approximate surface area is 147 Å². The molecule has 1 aromatic rings. The molecule has 10 heteroatoms. The smallest absolute Gasteiger partial charge is 0.422 e. The normalized spacial score (nSPS) is 17.3. The van der Waals surface area contributed by atoms with Gasteiger partial charge in [0.15, 0.2) is 6.61 Å². The minimum Gasteiger partial charge on any atom is -0.497 e. The van der Waals surface area contributed by atoms with Crippen LogP contribution in [-0.4, -0.2) is 39.0 Å². The number of rotatable bonds is 5. The second-order valence-corrected chi connectivity index (χ2v) is 5.37. The molecule has 1 aliphatic rings. The zero-order valence-electron chi connectivity index (χ0n) is 14.2. The van der Waals surface area contributed by atoms with Gasteiger partial charge in [0.2, 0.25) is 0 Å². The van der Waals surface area contributed by atoms with E-state index in [-0.39, 0.29) is 11.3 Å². The Kier molecular flexibility index (Phi) is 5.63. The predicted molar refractivity (Wildman–Crippen MR) is 83.7 cm³/mol. The van der Waals surface area contributed by atoms with Crippen LogP contribution >= 0.6 is 0 Å². The molecule has 1 aromatic carbocycles. The topological polar surface area (TPSA) is 85.9 Å². The number of ether oxygens (including phenoxy) is 3. The summed E-state index contributed by atoms with van der Waals surface area (Å²) >= 11 is 0. The van der Waals surface area contributed by atoms with Crippen LogP contribution in [0.1, 0.15) is 18.5 Å². The fourth-order valence-electron chi connectivity index (χ4n) is 2.49. The lowest BCUT2D eigenvalue weighted by Gasteiger charge is -2.29. The summed E-state index contributed by atoms with van der Waals surface area (Å²) in [6, 6.07) is 2.97. The number of amides is 2. The van der Waals surface area contributed by atoms with E-state index >= 15 is 0 Å². The number of urea groups is 1. The van der Waals surface area contributed by atoms with E-state index in [1.165, 1.54) is 27.2 Å². The number of esters is 1. The molecule has 7 nitrogen and oxygen atoms in total. The molecule has 26 heavy (non-hydrogen) atoms. The molecule has 2 N–H and O–H groups in total. The third-order valence-electron chi connectivity index (χ3n) is 3.60. The van der Waals surface area contributed by atoms with E-state index in [1.807, 2.05) is 0 Å². The largest absolute Gasteiger partial charge is 0.497 e. The lowest BCUT2D eigenvalue weighted by atomic mass is 9.94. The highest BCUT2D eigenvalue weighted by Gasteiger charge is 2.36. The minimum absolute atomic E-state index is 0.0794. The molecule has 0 bridgehead atoms. The van der Waals surface area contributed by atoms with Crippen LogP contribution in [-0.2, 0) is 9.53 Å². The van der Waals surface area contributed by atoms with Gasteiger partial charge >= 0.3 is 18.2 Å². The first-order valence-electron chi connectivity index (χ1n) is 7.40. The highest BCUT2D eigenvalue weighted by Crippen LogP contribution is 2.36. The van der Waals surface area contributed by atoms with E-state index in [2.05, 4.69) is 15.4 Å². The van der Waals surface area contributed by atoms with Gasteiger partial charge in [0.1, 0.15) is 11.5 Å². The van der Waals surface area contributed by atoms with Crippen molar-refractivity contribution < 1.29 is 37.0 Å². The van der Waals surface area contributed by atoms with Crippen LogP contribution in [0.3, 0.4) is 0 Å². The maximum atomic E-state index is 12.4. The average Bonchev–Trinajstić information content (AvgIpc) is 2.57. The van der Waals surface area contributed by atoms with Crippen molar-refractivity contribution in [2.75, 3.05) is 20.8 Å². The van der Waals surface area contributed by atoms with Crippen molar-refractivity contribution in [3.63, 3.8) is 0 Å². The summed E-state index contributed by atoms with van der Waals surface area (Å²) in [5.74, 6) is -0.483. The SMILES string of the molecule is COc1ccc(OC)c([C@H]2NC(=O)NC(C)=C2C(=O)OCC(F)(F)F)c1. The van der Waals surface area contributed by atoms with E-state index in [9.17, 15) is 22.8 Å². The van der Waals surface area contributed by atoms with Gasteiger partial charge in [-0.25, -0.2) is 9.59 Å². The summed E-state index contributed by atoms with van der Waals surface area (Å²) in [6.45, 7) is -0.346. The summed E-state index contributed by atoms with van der Waals surface area (Å²) in [5.41, 5.74) is 0.246. The van der Waals surface area contributed by atoms with Crippen LogP contribution < -0.4 is 20.1 Å². The van der Waals surface area contributed by atoms with Crippen molar-refractivity contribution in [1.29, 1.82) is 0 Å². The monoisotopic (exact) mass is 374 g/mol. The van der Waals surface area contributed by atoms with Gasteiger partial charge in [-0.3, -0.25) is 0 Å². The van der Waals surface area contributed by atoms with Crippen molar-refractivity contribution in [2.45, 2.75) is 19.1 Å². The summed E-state index contributed by atoms with van der Waals surface area (Å²) < 4.78 is 51.8. The Morgan fingerprint density at radius 3 is 2.50 bits per heavy atom. The highest BCUT2D eigenvalue weighted by atomic mass is 19.4. The molecule has 2 amide bonds. The van der Waals surface area contributed by atoms with Gasteiger partial charge < -0.3 is 24.8 Å². The van der Waals surface area contributed by atoms with E-state index in [0.29, 0.717) is 17.1 Å². The first-order chi connectivity index (χ1) is 12.2. The number of hydrogen-bond acceptors (Lipinski definition) is 5. The molecule has 0 aliphatic carbocycles. The highest BCUT2D eigenvalue weighted by molar-refractivity contribution is 5.95. The molecule has 0 radical (unpaired) electrons. The van der Waals surface area contributed by atoms with Crippen molar-refractivity contribution in [3.05, 3.63) is 35.0 Å². The van der Waals surface area contributed by atoms with E-state index in [0.717, 1.165) is 0 Å². The number of hydrogen-bond donors (Lipinski definition) is 2. The molecule has 1 atom stereocenters. The number of carbonyl (C=O) groups is 2. The van der Waals surface area contributed by atoms with E-state index < -0.39 is 30.8 Å². The fraction of sp³-hybridized carbons (Fsp3) is 0.375. The number of benzene rings is 1. The number of methoxy groups -OCH3 is 2. The summed E-state index contributed by atoms with van der Waals surface area (Å²) in [4.78, 5) is 24.1. The summed E-state index contributed by atoms with van der Waals surface area (Å²) in [6.07, 6.45) is -4.67. The van der Waals surface area contributed by atoms with E-state index in [1.54, 1.807) is 12.1 Å². The molecule has 0 saturated carbocycles. The Hall–Kier alpha value is -2.91. The van der Waals surface area contributed by atoms with Crippen molar-refractivity contribution >= 4 is 12.0 Å². The Morgan fingerprint density at radius 2 is 1.92 bits per heavy atom. The standard InChI is InChI=1S/C16H17F3N2O5/c1-8-12(14(22)26-7-16(17,18)19)13(21-15(23)20-8)10-6-9(24-2)4-5-11(10)25-3/h4-6,13H,7H2,1-3H3,(H2,20,21,23)/t13-/m1/s1. The molecule has 1 aliphatic heterocycles. The Bertz CT molecular complexity index is 746. The van der Waals surface area contributed by atoms with Crippen LogP contribution in [0.15, 0.2) is 29.5 Å². The third-order valence-corrected chi connectivity index (χ3v) is 3.60. The van der Waals surface area contributed by atoms with Crippen LogP contribution in [0, 0.1) is 0 Å². The molecule has 2 rings (SSSR count). The van der Waals surface area contributed by atoms with Gasteiger partial charge in [-0.05, 0) is 25.1 Å². The fourth-order valence-corrected chi connectivity index (χ4v) is 2.49. The van der Waals surface area contributed by atoms with Crippen LogP contribution in [0.5, 0.6) is 11.5 Å². The second-order valence-electron chi connectivity index (χ2n) is 5.37. The van der Waals surface area contributed by atoms with Gasteiger partial charge in [-0.2, -0.15) is 13.2 Å². The number of allylic oxidation sites excluding steroid dienone is 1. The first kappa shape index (κ1) is 19.4. The van der Waals surface area contributed by atoms with E-state index in [4.69, 9.17) is 9.47 Å². The molecule has 0 saturated heterocycles. The van der Waals surface area contributed by atoms with Crippen molar-refractivity contribution in [2.24, 2.45) is 0 Å². The van der Waals surface area contributed by atoms with Crippen LogP contribution in [0.4, 0.5) is 18.0 Å². The number of alkyl halides is 3. The van der Waals surface area contributed by atoms with Crippen LogP contribution in [0.25, 0.3) is 0 Å². The lowest BCUT2D eigenvalue weighted by Crippen LogP contribution is -2.45.